The number of hydrogen-bond donors (Lipinski definition) is 1. The molecule has 1 heterocycles. The molecule has 0 radical (unpaired) electrons. The summed E-state index contributed by atoms with van der Waals surface area (Å²) in [5.41, 5.74) is 2.74. The van der Waals surface area contributed by atoms with Gasteiger partial charge in [-0.05, 0) is 43.9 Å². The average molecular weight is 217 g/mol. The number of nitrogens with zero attached hydrogens (tertiary/aromatic N) is 2. The van der Waals surface area contributed by atoms with Crippen LogP contribution < -0.4 is 5.32 Å². The Bertz CT molecular complexity index is 345. The van der Waals surface area contributed by atoms with Gasteiger partial charge in [0, 0.05) is 6.20 Å². The molecule has 1 unspecified atom stereocenters. The topological polar surface area (TPSA) is 37.8 Å². The Kier molecular flexibility index (Phi) is 4.05. The van der Waals surface area contributed by atoms with Crippen LogP contribution in [0.25, 0.3) is 0 Å². The molecule has 0 spiro atoms. The first-order valence-corrected chi connectivity index (χ1v) is 6.10. The van der Waals surface area contributed by atoms with Gasteiger partial charge in [-0.1, -0.05) is 18.6 Å². The van der Waals surface area contributed by atoms with E-state index in [4.69, 9.17) is 0 Å². The van der Waals surface area contributed by atoms with Gasteiger partial charge >= 0.3 is 0 Å². The van der Waals surface area contributed by atoms with Crippen LogP contribution in [-0.2, 0) is 0 Å². The van der Waals surface area contributed by atoms with E-state index in [-0.39, 0.29) is 0 Å². The Hall–Kier alpha value is -1.22. The average Bonchev–Trinajstić information content (AvgIpc) is 2.38. The van der Waals surface area contributed by atoms with Crippen molar-refractivity contribution < 1.29 is 0 Å². The molecule has 1 aromatic rings. The molecule has 0 aliphatic heterocycles. The molecular formula is C13H19N3. The molecule has 0 amide bonds. The van der Waals surface area contributed by atoms with Crippen LogP contribution in [0.4, 0.5) is 0 Å². The predicted molar refractivity (Wildman–Crippen MR) is 65.0 cm³/mol. The summed E-state index contributed by atoms with van der Waals surface area (Å²) in [5, 5.41) is 11.3. The minimum atomic E-state index is 0.334. The molecule has 1 aliphatic rings. The molecule has 0 aromatic carbocycles. The number of rotatable bonds is 4. The SMILES string of the molecule is CCNC(C1=CCCCC1)c1ccnnc1. The second-order valence-electron chi connectivity index (χ2n) is 4.19. The number of allylic oxidation sites excluding steroid dienone is 1. The Labute approximate surface area is 97.0 Å². The molecule has 1 aliphatic carbocycles. The highest BCUT2D eigenvalue weighted by Crippen LogP contribution is 2.29. The molecule has 0 saturated carbocycles. The second kappa shape index (κ2) is 5.75. The normalized spacial score (nSPS) is 17.9. The van der Waals surface area contributed by atoms with Crippen molar-refractivity contribution in [3.05, 3.63) is 35.7 Å². The van der Waals surface area contributed by atoms with E-state index in [1.807, 2.05) is 6.20 Å². The fourth-order valence-electron chi connectivity index (χ4n) is 2.26. The molecule has 3 nitrogen and oxygen atoms in total. The lowest BCUT2D eigenvalue weighted by Gasteiger charge is -2.24. The Morgan fingerprint density at radius 2 is 2.31 bits per heavy atom. The third-order valence-electron chi connectivity index (χ3n) is 3.05. The number of aromatic nitrogens is 2. The van der Waals surface area contributed by atoms with Crippen molar-refractivity contribution in [1.82, 2.24) is 15.5 Å². The van der Waals surface area contributed by atoms with Gasteiger partial charge in [-0.2, -0.15) is 10.2 Å². The summed E-state index contributed by atoms with van der Waals surface area (Å²) in [6.45, 7) is 3.12. The summed E-state index contributed by atoms with van der Waals surface area (Å²) < 4.78 is 0. The van der Waals surface area contributed by atoms with E-state index < -0.39 is 0 Å². The first-order chi connectivity index (χ1) is 7.92. The molecule has 86 valence electrons. The van der Waals surface area contributed by atoms with Crippen molar-refractivity contribution >= 4 is 0 Å². The maximum Gasteiger partial charge on any atom is 0.0552 e. The summed E-state index contributed by atoms with van der Waals surface area (Å²) >= 11 is 0. The van der Waals surface area contributed by atoms with E-state index in [2.05, 4.69) is 34.6 Å². The van der Waals surface area contributed by atoms with Gasteiger partial charge in [-0.25, -0.2) is 0 Å². The monoisotopic (exact) mass is 217 g/mol. The molecular weight excluding hydrogens is 198 g/mol. The van der Waals surface area contributed by atoms with Gasteiger partial charge in [0.05, 0.1) is 12.2 Å². The minimum Gasteiger partial charge on any atom is -0.307 e. The van der Waals surface area contributed by atoms with Crippen LogP contribution in [-0.4, -0.2) is 16.7 Å². The van der Waals surface area contributed by atoms with Crippen molar-refractivity contribution in [2.75, 3.05) is 6.54 Å². The van der Waals surface area contributed by atoms with E-state index in [1.165, 1.54) is 36.8 Å². The third kappa shape index (κ3) is 2.67. The Morgan fingerprint density at radius 1 is 1.38 bits per heavy atom. The lowest BCUT2D eigenvalue weighted by molar-refractivity contribution is 0.561. The Balaban J connectivity index is 2.19. The van der Waals surface area contributed by atoms with Gasteiger partial charge in [-0.15, -0.1) is 0 Å². The van der Waals surface area contributed by atoms with Gasteiger partial charge in [0.1, 0.15) is 0 Å². The zero-order chi connectivity index (χ0) is 11.2. The number of likely N-dealkylation sites (N-methyl/N-ethyl adjacent to an activating group) is 1. The zero-order valence-corrected chi connectivity index (χ0v) is 9.82. The van der Waals surface area contributed by atoms with Gasteiger partial charge in [0.15, 0.2) is 0 Å². The molecule has 2 rings (SSSR count). The summed E-state index contributed by atoms with van der Waals surface area (Å²) in [7, 11) is 0. The van der Waals surface area contributed by atoms with Gasteiger partial charge in [-0.3, -0.25) is 0 Å². The van der Waals surface area contributed by atoms with E-state index in [0.29, 0.717) is 6.04 Å². The third-order valence-corrected chi connectivity index (χ3v) is 3.05. The molecule has 0 bridgehead atoms. The van der Waals surface area contributed by atoms with E-state index in [0.717, 1.165) is 6.54 Å². The van der Waals surface area contributed by atoms with Crippen LogP contribution >= 0.6 is 0 Å². The summed E-state index contributed by atoms with van der Waals surface area (Å²) in [6, 6.07) is 2.39. The predicted octanol–water partition coefficient (Wildman–Crippen LogP) is 2.63. The second-order valence-corrected chi connectivity index (χ2v) is 4.19. The maximum absolute atomic E-state index is 3.97. The van der Waals surface area contributed by atoms with Crippen LogP contribution in [0, 0.1) is 0 Å². The minimum absolute atomic E-state index is 0.334. The first-order valence-electron chi connectivity index (χ1n) is 6.10. The number of hydrogen-bond acceptors (Lipinski definition) is 3. The lowest BCUT2D eigenvalue weighted by Crippen LogP contribution is -2.23. The fourth-order valence-corrected chi connectivity index (χ4v) is 2.26. The number of nitrogens with one attached hydrogen (secondary N) is 1. The highest BCUT2D eigenvalue weighted by molar-refractivity contribution is 5.25. The first kappa shape index (κ1) is 11.3. The van der Waals surface area contributed by atoms with E-state index >= 15 is 0 Å². The van der Waals surface area contributed by atoms with Crippen molar-refractivity contribution in [2.24, 2.45) is 0 Å². The zero-order valence-electron chi connectivity index (χ0n) is 9.82. The summed E-state index contributed by atoms with van der Waals surface area (Å²) in [4.78, 5) is 0. The maximum atomic E-state index is 3.97. The lowest BCUT2D eigenvalue weighted by atomic mass is 9.90. The highest BCUT2D eigenvalue weighted by atomic mass is 15.1. The molecule has 1 atom stereocenters. The quantitative estimate of drug-likeness (QED) is 0.788. The molecule has 1 aromatic heterocycles. The Morgan fingerprint density at radius 3 is 2.94 bits per heavy atom. The van der Waals surface area contributed by atoms with Crippen molar-refractivity contribution in [3.8, 4) is 0 Å². The highest BCUT2D eigenvalue weighted by Gasteiger charge is 2.17. The van der Waals surface area contributed by atoms with Crippen LogP contribution in [0.3, 0.4) is 0 Å². The van der Waals surface area contributed by atoms with Crippen LogP contribution in [0.15, 0.2) is 30.1 Å². The van der Waals surface area contributed by atoms with Crippen molar-refractivity contribution in [2.45, 2.75) is 38.6 Å². The van der Waals surface area contributed by atoms with Crippen LogP contribution in [0.2, 0.25) is 0 Å². The molecule has 3 heteroatoms. The standard InChI is InChI=1S/C13H19N3/c1-2-14-13(11-6-4-3-5-7-11)12-8-9-15-16-10-12/h6,8-10,13-14H,2-5,7H2,1H3. The molecule has 1 N–H and O–H groups in total. The van der Waals surface area contributed by atoms with Crippen LogP contribution in [0.1, 0.15) is 44.2 Å². The van der Waals surface area contributed by atoms with Crippen molar-refractivity contribution in [3.63, 3.8) is 0 Å². The molecule has 0 fully saturated rings. The molecule has 16 heavy (non-hydrogen) atoms. The van der Waals surface area contributed by atoms with Gasteiger partial charge < -0.3 is 5.32 Å². The van der Waals surface area contributed by atoms with Crippen LogP contribution in [0.5, 0.6) is 0 Å². The van der Waals surface area contributed by atoms with Crippen molar-refractivity contribution in [1.29, 1.82) is 0 Å². The summed E-state index contributed by atoms with van der Waals surface area (Å²) in [6.07, 6.45) is 11.1. The largest absolute Gasteiger partial charge is 0.307 e. The van der Waals surface area contributed by atoms with Gasteiger partial charge in [0.25, 0.3) is 0 Å². The van der Waals surface area contributed by atoms with Gasteiger partial charge in [0.2, 0.25) is 0 Å². The molecule has 0 saturated heterocycles. The summed E-state index contributed by atoms with van der Waals surface area (Å²) in [5.74, 6) is 0. The van der Waals surface area contributed by atoms with E-state index in [9.17, 15) is 0 Å². The smallest absolute Gasteiger partial charge is 0.0552 e. The van der Waals surface area contributed by atoms with E-state index in [1.54, 1.807) is 6.20 Å². The fraction of sp³-hybridized carbons (Fsp3) is 0.538.